The summed E-state index contributed by atoms with van der Waals surface area (Å²) in [6.45, 7) is 1.96. The van der Waals surface area contributed by atoms with Gasteiger partial charge in [-0.3, -0.25) is 9.89 Å². The molecule has 0 amide bonds. The number of carbonyl (C=O) groups is 1. The Bertz CT molecular complexity index is 583. The highest BCUT2D eigenvalue weighted by Gasteiger charge is 2.20. The number of aromatic amines is 1. The summed E-state index contributed by atoms with van der Waals surface area (Å²) in [6.07, 6.45) is -0.378. The lowest BCUT2D eigenvalue weighted by Gasteiger charge is -2.13. The third-order valence-corrected chi connectivity index (χ3v) is 3.18. The fourth-order valence-electron chi connectivity index (χ4n) is 1.92. The minimum atomic E-state index is -0.890. The summed E-state index contributed by atoms with van der Waals surface area (Å²) in [6, 6.07) is 9.61. The second-order valence-electron chi connectivity index (χ2n) is 4.32. The van der Waals surface area contributed by atoms with Crippen molar-refractivity contribution in [3.8, 4) is 11.3 Å². The number of H-pyrrole nitrogens is 1. The van der Waals surface area contributed by atoms with Crippen LogP contribution in [-0.2, 0) is 9.53 Å². The van der Waals surface area contributed by atoms with E-state index in [2.05, 4.69) is 10.2 Å². The number of ether oxygens (including phenoxy) is 1. The monoisotopic (exact) mass is 294 g/mol. The van der Waals surface area contributed by atoms with Gasteiger partial charge in [0, 0.05) is 11.1 Å². The molecule has 0 radical (unpaired) electrons. The van der Waals surface area contributed by atoms with Crippen LogP contribution < -0.4 is 0 Å². The van der Waals surface area contributed by atoms with Crippen LogP contribution in [0, 0.1) is 0 Å². The maximum absolute atomic E-state index is 10.5. The molecule has 2 N–H and O–H groups in total. The lowest BCUT2D eigenvalue weighted by Crippen LogP contribution is -2.07. The molecule has 2 rings (SSSR count). The second kappa shape index (κ2) is 6.54. The fraction of sp³-hybridized carbons (Fsp3) is 0.286. The smallest absolute Gasteiger partial charge is 0.305 e. The Hall–Kier alpha value is -1.85. The van der Waals surface area contributed by atoms with Gasteiger partial charge in [-0.05, 0) is 6.92 Å². The van der Waals surface area contributed by atoms with Gasteiger partial charge < -0.3 is 9.84 Å². The van der Waals surface area contributed by atoms with Crippen molar-refractivity contribution in [3.05, 3.63) is 41.0 Å². The number of hydrogen-bond donors (Lipinski definition) is 2. The molecule has 1 aromatic heterocycles. The number of aromatic nitrogens is 2. The Morgan fingerprint density at radius 1 is 1.45 bits per heavy atom. The molecule has 0 aliphatic carbocycles. The minimum Gasteiger partial charge on any atom is -0.481 e. The number of nitrogens with one attached hydrogen (secondary N) is 1. The van der Waals surface area contributed by atoms with Gasteiger partial charge >= 0.3 is 5.97 Å². The zero-order chi connectivity index (χ0) is 14.5. The summed E-state index contributed by atoms with van der Waals surface area (Å²) < 4.78 is 5.51. The van der Waals surface area contributed by atoms with Crippen molar-refractivity contribution in [1.82, 2.24) is 10.2 Å². The first-order valence-electron chi connectivity index (χ1n) is 6.22. The molecule has 2 aromatic rings. The molecule has 1 unspecified atom stereocenters. The van der Waals surface area contributed by atoms with Crippen LogP contribution in [0.4, 0.5) is 0 Å². The molecule has 0 saturated heterocycles. The standard InChI is InChI=1S/C14H15ClN2O3/c1-9(20-8-7-11(18)19)12-13(16-17-14(12)15)10-5-3-2-4-6-10/h2-6,9H,7-8H2,1H3,(H,16,17)(H,18,19). The van der Waals surface area contributed by atoms with Crippen molar-refractivity contribution < 1.29 is 14.6 Å². The van der Waals surface area contributed by atoms with Gasteiger partial charge in [0.1, 0.15) is 5.15 Å². The van der Waals surface area contributed by atoms with Crippen LogP contribution in [-0.4, -0.2) is 27.9 Å². The number of nitrogens with zero attached hydrogens (tertiary/aromatic N) is 1. The molecule has 20 heavy (non-hydrogen) atoms. The van der Waals surface area contributed by atoms with E-state index >= 15 is 0 Å². The lowest BCUT2D eigenvalue weighted by atomic mass is 10.1. The Morgan fingerprint density at radius 2 is 2.15 bits per heavy atom. The molecular formula is C14H15ClN2O3. The van der Waals surface area contributed by atoms with Crippen LogP contribution in [0.15, 0.2) is 30.3 Å². The van der Waals surface area contributed by atoms with Crippen molar-refractivity contribution in [1.29, 1.82) is 0 Å². The topological polar surface area (TPSA) is 75.2 Å². The van der Waals surface area contributed by atoms with Crippen molar-refractivity contribution in [2.45, 2.75) is 19.4 Å². The zero-order valence-electron chi connectivity index (χ0n) is 11.0. The molecule has 0 saturated carbocycles. The van der Waals surface area contributed by atoms with Crippen LogP contribution in [0.5, 0.6) is 0 Å². The molecule has 106 valence electrons. The van der Waals surface area contributed by atoms with E-state index in [4.69, 9.17) is 21.4 Å². The highest BCUT2D eigenvalue weighted by atomic mass is 35.5. The SMILES string of the molecule is CC(OCCC(=O)O)c1c(-c2ccccc2)n[nH]c1Cl. The third-order valence-electron chi connectivity index (χ3n) is 2.89. The van der Waals surface area contributed by atoms with Crippen LogP contribution in [0.3, 0.4) is 0 Å². The van der Waals surface area contributed by atoms with Crippen molar-refractivity contribution >= 4 is 17.6 Å². The first-order chi connectivity index (χ1) is 9.59. The minimum absolute atomic E-state index is 0.0412. The van der Waals surface area contributed by atoms with Gasteiger partial charge in [-0.2, -0.15) is 5.10 Å². The average molecular weight is 295 g/mol. The summed E-state index contributed by atoms with van der Waals surface area (Å²) >= 11 is 6.12. The van der Waals surface area contributed by atoms with Crippen LogP contribution in [0.25, 0.3) is 11.3 Å². The van der Waals surface area contributed by atoms with Crippen LogP contribution in [0.2, 0.25) is 5.15 Å². The highest BCUT2D eigenvalue weighted by Crippen LogP contribution is 2.33. The van der Waals surface area contributed by atoms with E-state index in [-0.39, 0.29) is 19.1 Å². The molecule has 1 aromatic carbocycles. The van der Waals surface area contributed by atoms with E-state index in [0.29, 0.717) is 5.15 Å². The van der Waals surface area contributed by atoms with Crippen molar-refractivity contribution in [3.63, 3.8) is 0 Å². The molecule has 0 aliphatic heterocycles. The van der Waals surface area contributed by atoms with E-state index in [9.17, 15) is 4.79 Å². The predicted octanol–water partition coefficient (Wildman–Crippen LogP) is 3.28. The summed E-state index contributed by atoms with van der Waals surface area (Å²) in [5.74, 6) is -0.890. The van der Waals surface area contributed by atoms with Gasteiger partial charge in [0.05, 0.1) is 24.8 Å². The normalized spacial score (nSPS) is 12.3. The molecule has 0 fully saturated rings. The Kier molecular flexibility index (Phi) is 4.76. The maximum atomic E-state index is 10.5. The van der Waals surface area contributed by atoms with Gasteiger partial charge in [-0.1, -0.05) is 41.9 Å². The van der Waals surface area contributed by atoms with Gasteiger partial charge in [0.2, 0.25) is 0 Å². The third kappa shape index (κ3) is 3.37. The molecule has 1 heterocycles. The number of aliphatic carboxylic acids is 1. The molecule has 0 aliphatic rings. The number of hydrogen-bond acceptors (Lipinski definition) is 3. The van der Waals surface area contributed by atoms with Crippen LogP contribution in [0.1, 0.15) is 25.0 Å². The molecule has 0 bridgehead atoms. The van der Waals surface area contributed by atoms with E-state index in [1.165, 1.54) is 0 Å². The Morgan fingerprint density at radius 3 is 2.80 bits per heavy atom. The van der Waals surface area contributed by atoms with E-state index in [1.807, 2.05) is 37.3 Å². The van der Waals surface area contributed by atoms with Gasteiger partial charge in [-0.25, -0.2) is 0 Å². The van der Waals surface area contributed by atoms with Gasteiger partial charge in [0.15, 0.2) is 0 Å². The number of carboxylic acid groups (broad SMARTS) is 1. The predicted molar refractivity (Wildman–Crippen MR) is 75.7 cm³/mol. The summed E-state index contributed by atoms with van der Waals surface area (Å²) in [7, 11) is 0. The zero-order valence-corrected chi connectivity index (χ0v) is 11.7. The first-order valence-corrected chi connectivity index (χ1v) is 6.60. The number of halogens is 1. The maximum Gasteiger partial charge on any atom is 0.305 e. The molecule has 0 spiro atoms. The van der Waals surface area contributed by atoms with E-state index in [1.54, 1.807) is 0 Å². The average Bonchev–Trinajstić information content (AvgIpc) is 2.81. The summed E-state index contributed by atoms with van der Waals surface area (Å²) in [5.41, 5.74) is 2.39. The molecule has 6 heteroatoms. The quantitative estimate of drug-likeness (QED) is 0.857. The van der Waals surface area contributed by atoms with Gasteiger partial charge in [0.25, 0.3) is 0 Å². The lowest BCUT2D eigenvalue weighted by molar-refractivity contribution is -0.138. The summed E-state index contributed by atoms with van der Waals surface area (Å²) in [4.78, 5) is 10.5. The van der Waals surface area contributed by atoms with Crippen molar-refractivity contribution in [2.24, 2.45) is 0 Å². The number of benzene rings is 1. The Labute approximate surface area is 121 Å². The van der Waals surface area contributed by atoms with Gasteiger partial charge in [-0.15, -0.1) is 0 Å². The number of carboxylic acids is 1. The van der Waals surface area contributed by atoms with Crippen molar-refractivity contribution in [2.75, 3.05) is 6.61 Å². The Balaban J connectivity index is 2.19. The summed E-state index contributed by atoms with van der Waals surface area (Å²) in [5, 5.41) is 16.0. The first kappa shape index (κ1) is 14.6. The molecule has 5 nitrogen and oxygen atoms in total. The highest BCUT2D eigenvalue weighted by molar-refractivity contribution is 6.30. The number of rotatable bonds is 6. The van der Waals surface area contributed by atoms with E-state index < -0.39 is 5.97 Å². The molecule has 1 atom stereocenters. The fourth-order valence-corrected chi connectivity index (χ4v) is 2.21. The molecular weight excluding hydrogens is 280 g/mol. The second-order valence-corrected chi connectivity index (χ2v) is 4.70. The van der Waals surface area contributed by atoms with E-state index in [0.717, 1.165) is 16.8 Å². The largest absolute Gasteiger partial charge is 0.481 e. The van der Waals surface area contributed by atoms with Crippen LogP contribution >= 0.6 is 11.6 Å².